The quantitative estimate of drug-likeness (QED) is 0.0551. The van der Waals surface area contributed by atoms with Crippen LogP contribution in [-0.2, 0) is 7.05 Å². The predicted molar refractivity (Wildman–Crippen MR) is 191 cm³/mol. The first kappa shape index (κ1) is 34.8. The molecule has 6 nitrogen and oxygen atoms in total. The number of H-pyrrole nitrogens is 1. The summed E-state index contributed by atoms with van der Waals surface area (Å²) in [6.45, 7) is 5.78. The van der Waals surface area contributed by atoms with E-state index in [1.165, 1.54) is 18.0 Å². The Morgan fingerprint density at radius 1 is 1.11 bits per heavy atom. The average molecular weight is 679 g/mol. The van der Waals surface area contributed by atoms with Crippen LogP contribution in [0.25, 0.3) is 33.1 Å². The third kappa shape index (κ3) is 7.49. The molecule has 46 heavy (non-hydrogen) atoms. The van der Waals surface area contributed by atoms with Gasteiger partial charge in [-0.15, -0.1) is 9.24 Å². The highest BCUT2D eigenvalue weighted by Gasteiger charge is 2.25. The molecule has 3 aromatic heterocycles. The maximum absolute atomic E-state index is 15.2. The standard InChI is InChI=1S/C26H22F2N4OS.C8H7ClO.CH5P/c1-3-10-34-31-22-7-5-20(27)23(24(22)28)25(33)19-14-32(2)26-18(19)12-17(13-30-26)15-4-6-21-16(11-15)8-9-29-21;1-6-3-2-4-8(9)7(6)5-10;1-2/h4-9,11-14,29,31H,3,10H2,1-2H3;2-5H,1H3;2H2,1H3. The summed E-state index contributed by atoms with van der Waals surface area (Å²) >= 11 is 7.01. The Labute approximate surface area is 278 Å². The molecular weight excluding hydrogens is 645 g/mol. The molecule has 238 valence electrons. The first-order valence-electron chi connectivity index (χ1n) is 14.4. The number of benzene rings is 3. The van der Waals surface area contributed by atoms with Crippen LogP contribution in [-0.4, -0.2) is 39.0 Å². The number of aryl methyl sites for hydroxylation is 2. The van der Waals surface area contributed by atoms with Crippen molar-refractivity contribution in [2.24, 2.45) is 7.05 Å². The van der Waals surface area contributed by atoms with Crippen LogP contribution in [0, 0.1) is 18.6 Å². The molecule has 0 saturated heterocycles. The Morgan fingerprint density at radius 3 is 2.59 bits per heavy atom. The second-order valence-electron chi connectivity index (χ2n) is 10.2. The van der Waals surface area contributed by atoms with E-state index in [0.717, 1.165) is 52.1 Å². The molecule has 0 radical (unpaired) electrons. The van der Waals surface area contributed by atoms with Gasteiger partial charge in [-0.25, -0.2) is 13.8 Å². The highest BCUT2D eigenvalue weighted by atomic mass is 35.5. The van der Waals surface area contributed by atoms with Crippen LogP contribution in [0.5, 0.6) is 0 Å². The molecule has 0 aliphatic heterocycles. The molecule has 0 fully saturated rings. The molecule has 1 unspecified atom stereocenters. The van der Waals surface area contributed by atoms with Crippen LogP contribution < -0.4 is 4.72 Å². The fourth-order valence-corrected chi connectivity index (χ4v) is 5.72. The maximum Gasteiger partial charge on any atom is 0.201 e. The molecule has 2 N–H and O–H groups in total. The molecule has 3 aromatic carbocycles. The summed E-state index contributed by atoms with van der Waals surface area (Å²) in [5.74, 6) is -1.75. The third-order valence-corrected chi connectivity index (χ3v) is 8.45. The van der Waals surface area contributed by atoms with Crippen LogP contribution in [0.2, 0.25) is 5.02 Å². The largest absolute Gasteiger partial charge is 0.361 e. The van der Waals surface area contributed by atoms with E-state index in [4.69, 9.17) is 11.6 Å². The summed E-state index contributed by atoms with van der Waals surface area (Å²) in [6, 6.07) is 17.6. The molecule has 0 saturated carbocycles. The van der Waals surface area contributed by atoms with Crippen LogP contribution in [0.1, 0.15) is 45.2 Å². The Kier molecular flexibility index (Phi) is 12.1. The van der Waals surface area contributed by atoms with Crippen molar-refractivity contribution in [1.29, 1.82) is 0 Å². The van der Waals surface area contributed by atoms with Crippen molar-refractivity contribution >= 4 is 72.5 Å². The van der Waals surface area contributed by atoms with Gasteiger partial charge in [-0.05, 0) is 72.3 Å². The minimum Gasteiger partial charge on any atom is -0.361 e. The predicted octanol–water partition coefficient (Wildman–Crippen LogP) is 9.65. The summed E-state index contributed by atoms with van der Waals surface area (Å²) in [7, 11) is 4.17. The fourth-order valence-electron chi connectivity index (χ4n) is 4.83. The van der Waals surface area contributed by atoms with Gasteiger partial charge < -0.3 is 14.3 Å². The van der Waals surface area contributed by atoms with Gasteiger partial charge in [0.05, 0.1) is 16.3 Å². The Balaban J connectivity index is 0.000000340. The highest BCUT2D eigenvalue weighted by molar-refractivity contribution is 8.00. The van der Waals surface area contributed by atoms with E-state index in [-0.39, 0.29) is 11.3 Å². The smallest absolute Gasteiger partial charge is 0.201 e. The number of aldehydes is 1. The number of nitrogens with one attached hydrogen (secondary N) is 2. The van der Waals surface area contributed by atoms with Crippen LogP contribution in [0.15, 0.2) is 79.3 Å². The van der Waals surface area contributed by atoms with E-state index in [2.05, 4.69) is 23.9 Å². The summed E-state index contributed by atoms with van der Waals surface area (Å²) in [6.07, 6.45) is 6.86. The first-order chi connectivity index (χ1) is 22.2. The van der Waals surface area contributed by atoms with Gasteiger partial charge in [0, 0.05) is 59.0 Å². The Morgan fingerprint density at radius 2 is 1.89 bits per heavy atom. The van der Waals surface area contributed by atoms with Crippen molar-refractivity contribution in [2.75, 3.05) is 17.1 Å². The zero-order valence-corrected chi connectivity index (χ0v) is 28.6. The number of pyridine rings is 1. The van der Waals surface area contributed by atoms with Crippen molar-refractivity contribution in [1.82, 2.24) is 14.5 Å². The number of hydrogen-bond donors (Lipinski definition) is 2. The van der Waals surface area contributed by atoms with E-state index >= 15 is 4.39 Å². The van der Waals surface area contributed by atoms with Gasteiger partial charge >= 0.3 is 0 Å². The molecule has 3 heterocycles. The van der Waals surface area contributed by atoms with Crippen LogP contribution >= 0.6 is 32.8 Å². The molecule has 0 aliphatic rings. The molecule has 11 heteroatoms. The van der Waals surface area contributed by atoms with E-state index in [9.17, 15) is 14.0 Å². The molecule has 6 aromatic rings. The zero-order valence-electron chi connectivity index (χ0n) is 25.8. The van der Waals surface area contributed by atoms with E-state index in [0.29, 0.717) is 21.6 Å². The summed E-state index contributed by atoms with van der Waals surface area (Å²) in [5, 5.41) is 2.11. The lowest BCUT2D eigenvalue weighted by Crippen LogP contribution is -2.09. The number of aromatic amines is 1. The van der Waals surface area contributed by atoms with Crippen molar-refractivity contribution in [3.63, 3.8) is 0 Å². The lowest BCUT2D eigenvalue weighted by atomic mass is 9.99. The minimum atomic E-state index is -0.896. The zero-order chi connectivity index (χ0) is 33.4. The number of nitrogens with zero attached hydrogens (tertiary/aromatic N) is 2. The average Bonchev–Trinajstić information content (AvgIpc) is 3.67. The SMILES string of the molecule is CCCSNc1ccc(F)c(C(=O)c2cn(C)c3ncc(-c4ccc5[nH]ccc5c4)cc23)c1F.CP.Cc1cccc(Cl)c1C=O. The van der Waals surface area contributed by atoms with Crippen molar-refractivity contribution in [3.8, 4) is 11.1 Å². The number of hydrogen-bond acceptors (Lipinski definition) is 5. The number of carbonyl (C=O) groups is 2. The van der Waals surface area contributed by atoms with Crippen LogP contribution in [0.3, 0.4) is 0 Å². The van der Waals surface area contributed by atoms with Gasteiger partial charge in [0.15, 0.2) is 12.1 Å². The second kappa shape index (κ2) is 16.0. The summed E-state index contributed by atoms with van der Waals surface area (Å²) in [4.78, 5) is 31.5. The van der Waals surface area contributed by atoms with Crippen LogP contribution in [0.4, 0.5) is 14.5 Å². The van der Waals surface area contributed by atoms with E-state index in [1.54, 1.807) is 30.1 Å². The monoisotopic (exact) mass is 678 g/mol. The normalized spacial score (nSPS) is 10.6. The number of ketones is 1. The van der Waals surface area contributed by atoms with Gasteiger partial charge in [-0.2, -0.15) is 0 Å². The van der Waals surface area contributed by atoms with Gasteiger partial charge in [0.25, 0.3) is 0 Å². The van der Waals surface area contributed by atoms with Crippen molar-refractivity contribution in [2.45, 2.75) is 20.3 Å². The second-order valence-corrected chi connectivity index (χ2v) is 11.5. The molecule has 0 amide bonds. The van der Waals surface area contributed by atoms with Crippen molar-refractivity contribution in [3.05, 3.63) is 118 Å². The van der Waals surface area contributed by atoms with Gasteiger partial charge in [-0.1, -0.05) is 55.3 Å². The number of rotatable bonds is 8. The number of fused-ring (bicyclic) bond motifs is 2. The lowest BCUT2D eigenvalue weighted by molar-refractivity contribution is 0.103. The van der Waals surface area contributed by atoms with Crippen molar-refractivity contribution < 1.29 is 18.4 Å². The third-order valence-electron chi connectivity index (χ3n) is 7.14. The maximum atomic E-state index is 15.2. The number of aromatic nitrogens is 3. The molecular formula is C35H34ClF2N4O2PS. The van der Waals surface area contributed by atoms with E-state index < -0.39 is 23.0 Å². The summed E-state index contributed by atoms with van der Waals surface area (Å²) in [5.41, 5.74) is 4.53. The Bertz CT molecular complexity index is 1990. The molecule has 0 bridgehead atoms. The fraction of sp³-hybridized carbons (Fsp3) is 0.171. The summed E-state index contributed by atoms with van der Waals surface area (Å²) < 4.78 is 34.5. The van der Waals surface area contributed by atoms with Gasteiger partial charge in [0.2, 0.25) is 5.78 Å². The number of anilines is 1. The Hall–Kier alpha value is -4.04. The van der Waals surface area contributed by atoms with Gasteiger partial charge in [0.1, 0.15) is 11.5 Å². The molecule has 1 atom stereocenters. The van der Waals surface area contributed by atoms with E-state index in [1.807, 2.05) is 69.2 Å². The molecule has 0 spiro atoms. The first-order valence-corrected chi connectivity index (χ1v) is 17.0. The van der Waals surface area contributed by atoms with Gasteiger partial charge in [-0.3, -0.25) is 9.59 Å². The topological polar surface area (TPSA) is 79.8 Å². The molecule has 0 aliphatic carbocycles. The number of halogens is 3. The minimum absolute atomic E-state index is 0.0852. The highest BCUT2D eigenvalue weighted by Crippen LogP contribution is 2.31. The number of carbonyl (C=O) groups excluding carboxylic acids is 2. The molecule has 6 rings (SSSR count). The lowest BCUT2D eigenvalue weighted by Gasteiger charge is -2.10.